The summed E-state index contributed by atoms with van der Waals surface area (Å²) in [4.78, 5) is 16.5. The Morgan fingerprint density at radius 1 is 1.30 bits per heavy atom. The van der Waals surface area contributed by atoms with Crippen molar-refractivity contribution in [1.29, 1.82) is 0 Å². The lowest BCUT2D eigenvalue weighted by molar-refractivity contribution is -0.138. The van der Waals surface area contributed by atoms with Crippen LogP contribution in [-0.2, 0) is 14.3 Å². The van der Waals surface area contributed by atoms with E-state index in [1.165, 1.54) is 0 Å². The van der Waals surface area contributed by atoms with Gasteiger partial charge in [-0.15, -0.1) is 0 Å². The molecule has 0 aromatic carbocycles. The van der Waals surface area contributed by atoms with E-state index in [4.69, 9.17) is 27.4 Å². The third-order valence-corrected chi connectivity index (χ3v) is 3.75. The molecule has 1 aliphatic heterocycles. The van der Waals surface area contributed by atoms with E-state index in [-0.39, 0.29) is 18.6 Å². The maximum Gasteiger partial charge on any atom is 0.248 e. The monoisotopic (exact) mass is 303 g/mol. The number of nitrogens with two attached hydrogens (primary N) is 1. The van der Waals surface area contributed by atoms with Crippen molar-refractivity contribution in [2.75, 3.05) is 53.1 Å². The molecule has 1 heterocycles. The molecule has 1 aliphatic rings. The molecule has 1 fully saturated rings. The van der Waals surface area contributed by atoms with E-state index in [0.717, 1.165) is 19.5 Å². The molecule has 7 heteroatoms. The molecular formula is C13H25N3O3S. The summed E-state index contributed by atoms with van der Waals surface area (Å²) < 4.78 is 10.1. The topological polar surface area (TPSA) is 68.0 Å². The van der Waals surface area contributed by atoms with Gasteiger partial charge in [0.15, 0.2) is 0 Å². The predicted octanol–water partition coefficient (Wildman–Crippen LogP) is -0.142. The number of hydrogen-bond donors (Lipinski definition) is 1. The van der Waals surface area contributed by atoms with Crippen LogP contribution in [0.4, 0.5) is 0 Å². The Labute approximate surface area is 126 Å². The van der Waals surface area contributed by atoms with Crippen molar-refractivity contribution in [3.8, 4) is 0 Å². The number of ether oxygens (including phenoxy) is 2. The fourth-order valence-corrected chi connectivity index (χ4v) is 2.63. The van der Waals surface area contributed by atoms with E-state index in [9.17, 15) is 4.79 Å². The Balaban J connectivity index is 2.30. The van der Waals surface area contributed by atoms with Crippen LogP contribution in [0.1, 0.15) is 13.3 Å². The molecule has 1 saturated heterocycles. The van der Waals surface area contributed by atoms with Crippen LogP contribution >= 0.6 is 12.2 Å². The van der Waals surface area contributed by atoms with Gasteiger partial charge in [0.2, 0.25) is 5.91 Å². The Bertz CT molecular complexity index is 320. The van der Waals surface area contributed by atoms with Crippen LogP contribution in [0, 0.1) is 0 Å². The van der Waals surface area contributed by atoms with Gasteiger partial charge in [-0.05, 0) is 6.42 Å². The van der Waals surface area contributed by atoms with Gasteiger partial charge < -0.3 is 20.1 Å². The summed E-state index contributed by atoms with van der Waals surface area (Å²) in [6.07, 6.45) is 0.906. The van der Waals surface area contributed by atoms with E-state index in [0.29, 0.717) is 31.3 Å². The molecule has 0 aliphatic carbocycles. The number of amides is 1. The van der Waals surface area contributed by atoms with Crippen LogP contribution in [0.15, 0.2) is 0 Å². The number of methoxy groups -OCH3 is 1. The van der Waals surface area contributed by atoms with Gasteiger partial charge in [-0.3, -0.25) is 9.69 Å². The average molecular weight is 303 g/mol. The number of thiocarbonyl (C=S) groups is 1. The van der Waals surface area contributed by atoms with Crippen molar-refractivity contribution in [2.24, 2.45) is 5.73 Å². The first-order valence-corrected chi connectivity index (χ1v) is 7.38. The standard InChI is InChI=1S/C13H25N3O3S/c1-3-11(13(14)20)15-4-6-16(7-5-15)12(17)10-19-9-8-18-2/h11H,3-10H2,1-2H3,(H2,14,20). The summed E-state index contributed by atoms with van der Waals surface area (Å²) in [5.41, 5.74) is 5.74. The lowest BCUT2D eigenvalue weighted by Crippen LogP contribution is -2.55. The third kappa shape index (κ3) is 5.32. The highest BCUT2D eigenvalue weighted by Gasteiger charge is 2.26. The van der Waals surface area contributed by atoms with E-state index in [1.54, 1.807) is 7.11 Å². The number of carbonyl (C=O) groups excluding carboxylic acids is 1. The second-order valence-corrected chi connectivity index (χ2v) is 5.26. The van der Waals surface area contributed by atoms with Crippen molar-refractivity contribution in [1.82, 2.24) is 9.80 Å². The quantitative estimate of drug-likeness (QED) is 0.497. The number of rotatable bonds is 8. The van der Waals surface area contributed by atoms with Crippen molar-refractivity contribution < 1.29 is 14.3 Å². The van der Waals surface area contributed by atoms with Gasteiger partial charge >= 0.3 is 0 Å². The number of nitrogens with zero attached hydrogens (tertiary/aromatic N) is 2. The summed E-state index contributed by atoms with van der Waals surface area (Å²) >= 11 is 5.08. The Kier molecular flexibility index (Phi) is 7.98. The van der Waals surface area contributed by atoms with Crippen LogP contribution in [0.5, 0.6) is 0 Å². The molecule has 0 radical (unpaired) electrons. The molecule has 116 valence electrons. The lowest BCUT2D eigenvalue weighted by atomic mass is 10.1. The summed E-state index contributed by atoms with van der Waals surface area (Å²) in [5.74, 6) is 0.0316. The molecule has 1 unspecified atom stereocenters. The van der Waals surface area contributed by atoms with Gasteiger partial charge in [-0.2, -0.15) is 0 Å². The number of carbonyl (C=O) groups is 1. The van der Waals surface area contributed by atoms with Crippen molar-refractivity contribution in [2.45, 2.75) is 19.4 Å². The molecule has 20 heavy (non-hydrogen) atoms. The minimum atomic E-state index is 0.0316. The van der Waals surface area contributed by atoms with E-state index in [2.05, 4.69) is 11.8 Å². The fourth-order valence-electron chi connectivity index (χ4n) is 2.32. The van der Waals surface area contributed by atoms with Crippen molar-refractivity contribution in [3.63, 3.8) is 0 Å². The van der Waals surface area contributed by atoms with Crippen molar-refractivity contribution in [3.05, 3.63) is 0 Å². The van der Waals surface area contributed by atoms with Gasteiger partial charge in [0, 0.05) is 33.3 Å². The molecule has 0 saturated carbocycles. The average Bonchev–Trinajstić information content (AvgIpc) is 2.44. The Morgan fingerprint density at radius 3 is 2.45 bits per heavy atom. The van der Waals surface area contributed by atoms with Gasteiger partial charge in [0.25, 0.3) is 0 Å². The summed E-state index contributed by atoms with van der Waals surface area (Å²) in [5, 5.41) is 0. The SMILES string of the molecule is CCC(C(N)=S)N1CCN(C(=O)COCCOC)CC1. The summed E-state index contributed by atoms with van der Waals surface area (Å²) in [7, 11) is 1.61. The van der Waals surface area contributed by atoms with E-state index < -0.39 is 0 Å². The van der Waals surface area contributed by atoms with Gasteiger partial charge in [-0.1, -0.05) is 19.1 Å². The molecule has 1 rings (SSSR count). The van der Waals surface area contributed by atoms with Gasteiger partial charge in [-0.25, -0.2) is 0 Å². The highest BCUT2D eigenvalue weighted by Crippen LogP contribution is 2.10. The van der Waals surface area contributed by atoms with Crippen LogP contribution in [0.3, 0.4) is 0 Å². The maximum absolute atomic E-state index is 11.9. The lowest BCUT2D eigenvalue weighted by Gasteiger charge is -2.38. The van der Waals surface area contributed by atoms with Gasteiger partial charge in [0.1, 0.15) is 6.61 Å². The smallest absolute Gasteiger partial charge is 0.248 e. The first-order chi connectivity index (χ1) is 9.60. The van der Waals surface area contributed by atoms with Gasteiger partial charge in [0.05, 0.1) is 24.2 Å². The van der Waals surface area contributed by atoms with Crippen LogP contribution in [-0.4, -0.2) is 79.8 Å². The maximum atomic E-state index is 11.9. The molecule has 0 spiro atoms. The molecule has 0 aromatic rings. The molecule has 0 bridgehead atoms. The normalized spacial score (nSPS) is 18.0. The molecule has 0 aromatic heterocycles. The van der Waals surface area contributed by atoms with Crippen molar-refractivity contribution >= 4 is 23.1 Å². The number of piperazine rings is 1. The Hall–Kier alpha value is -0.760. The third-order valence-electron chi connectivity index (χ3n) is 3.48. The molecule has 6 nitrogen and oxygen atoms in total. The largest absolute Gasteiger partial charge is 0.392 e. The van der Waals surface area contributed by atoms with Crippen LogP contribution in [0.2, 0.25) is 0 Å². The zero-order chi connectivity index (χ0) is 15.0. The molecule has 1 atom stereocenters. The summed E-state index contributed by atoms with van der Waals surface area (Å²) in [6, 6.07) is 0.139. The zero-order valence-electron chi connectivity index (χ0n) is 12.3. The Morgan fingerprint density at radius 2 is 1.95 bits per heavy atom. The first kappa shape index (κ1) is 17.3. The second-order valence-electron chi connectivity index (χ2n) is 4.79. The molecule has 2 N–H and O–H groups in total. The van der Waals surface area contributed by atoms with Crippen LogP contribution < -0.4 is 5.73 Å². The summed E-state index contributed by atoms with van der Waals surface area (Å²) in [6.45, 7) is 6.16. The first-order valence-electron chi connectivity index (χ1n) is 6.98. The highest BCUT2D eigenvalue weighted by molar-refractivity contribution is 7.80. The molecular weight excluding hydrogens is 278 g/mol. The highest BCUT2D eigenvalue weighted by atomic mass is 32.1. The minimum absolute atomic E-state index is 0.0316. The number of hydrogen-bond acceptors (Lipinski definition) is 5. The van der Waals surface area contributed by atoms with Crippen LogP contribution in [0.25, 0.3) is 0 Å². The van der Waals surface area contributed by atoms with E-state index in [1.807, 2.05) is 4.90 Å². The zero-order valence-corrected chi connectivity index (χ0v) is 13.2. The molecule has 1 amide bonds. The predicted molar refractivity (Wildman–Crippen MR) is 81.7 cm³/mol. The second kappa shape index (κ2) is 9.23. The fraction of sp³-hybridized carbons (Fsp3) is 0.846. The minimum Gasteiger partial charge on any atom is -0.392 e. The van der Waals surface area contributed by atoms with E-state index >= 15 is 0 Å².